The number of halogens is 3. The normalized spacial score (nSPS) is 13.2. The molecule has 0 aliphatic rings. The molecule has 0 aliphatic carbocycles. The Hall–Kier alpha value is -3.24. The van der Waals surface area contributed by atoms with Crippen molar-refractivity contribution in [1.29, 1.82) is 0 Å². The van der Waals surface area contributed by atoms with Gasteiger partial charge in [-0.1, -0.05) is 30.3 Å². The molecule has 0 aliphatic heterocycles. The number of rotatable bonds is 8. The first-order valence-corrected chi connectivity index (χ1v) is 9.08. The number of aromatic nitrogens is 2. The van der Waals surface area contributed by atoms with Crippen molar-refractivity contribution in [2.75, 3.05) is 0 Å². The second kappa shape index (κ2) is 9.06. The Bertz CT molecular complexity index is 1040. The van der Waals surface area contributed by atoms with Crippen molar-refractivity contribution in [3.63, 3.8) is 0 Å². The summed E-state index contributed by atoms with van der Waals surface area (Å²) in [7, 11) is 0. The molecule has 2 amide bonds. The molecule has 0 radical (unpaired) electrons. The highest BCUT2D eigenvalue weighted by atomic mass is 35.5. The van der Waals surface area contributed by atoms with Crippen molar-refractivity contribution in [2.24, 2.45) is 5.73 Å². The van der Waals surface area contributed by atoms with Crippen LogP contribution in [-0.2, 0) is 11.2 Å². The average molecular weight is 439 g/mol. The number of hydrogen-bond acceptors (Lipinski definition) is 5. The van der Waals surface area contributed by atoms with Crippen LogP contribution in [0.1, 0.15) is 22.5 Å². The number of primary amides is 1. The summed E-state index contributed by atoms with van der Waals surface area (Å²) in [5.41, 5.74) is 5.66. The minimum Gasteiger partial charge on any atom is -0.452 e. The van der Waals surface area contributed by atoms with Gasteiger partial charge in [0.15, 0.2) is 6.10 Å². The predicted octanol–water partition coefficient (Wildman–Crippen LogP) is 2.38. The van der Waals surface area contributed by atoms with E-state index in [1.807, 2.05) is 0 Å². The third kappa shape index (κ3) is 4.66. The van der Waals surface area contributed by atoms with Gasteiger partial charge in [-0.15, -0.1) is 0 Å². The van der Waals surface area contributed by atoms with Crippen molar-refractivity contribution in [1.82, 2.24) is 15.1 Å². The molecule has 2 unspecified atom stereocenters. The monoisotopic (exact) mass is 438 g/mol. The lowest BCUT2D eigenvalue weighted by molar-refractivity contribution is -0.127. The van der Waals surface area contributed by atoms with Crippen molar-refractivity contribution < 1.29 is 27.9 Å². The molecule has 2 aromatic heterocycles. The van der Waals surface area contributed by atoms with Crippen LogP contribution in [0.25, 0.3) is 11.3 Å². The van der Waals surface area contributed by atoms with E-state index in [4.69, 9.17) is 21.8 Å². The number of nitrogens with one attached hydrogen (secondary N) is 1. The molecular formula is C19H17ClF2N4O4. The summed E-state index contributed by atoms with van der Waals surface area (Å²) in [6.45, 7) is -3.01. The summed E-state index contributed by atoms with van der Waals surface area (Å²) in [6, 6.07) is 9.00. The van der Waals surface area contributed by atoms with Crippen LogP contribution in [0.2, 0.25) is 5.22 Å². The third-order valence-electron chi connectivity index (χ3n) is 4.34. The van der Waals surface area contributed by atoms with Crippen LogP contribution < -0.4 is 11.1 Å². The fourth-order valence-corrected chi connectivity index (χ4v) is 3.08. The van der Waals surface area contributed by atoms with Gasteiger partial charge < -0.3 is 20.6 Å². The first-order chi connectivity index (χ1) is 14.3. The van der Waals surface area contributed by atoms with Gasteiger partial charge in [0.1, 0.15) is 5.69 Å². The predicted molar refractivity (Wildman–Crippen MR) is 103 cm³/mol. The fraction of sp³-hybridized carbons (Fsp3) is 0.211. The molecule has 158 valence electrons. The Balaban J connectivity index is 1.93. The Kier molecular flexibility index (Phi) is 6.48. The summed E-state index contributed by atoms with van der Waals surface area (Å²) in [6.07, 6.45) is 0.423. The van der Waals surface area contributed by atoms with Crippen molar-refractivity contribution in [2.45, 2.75) is 25.1 Å². The molecule has 30 heavy (non-hydrogen) atoms. The lowest BCUT2D eigenvalue weighted by Gasteiger charge is -2.22. The number of carbonyl (C=O) groups excluding carboxylic acids is 2. The molecule has 0 saturated carbocycles. The van der Waals surface area contributed by atoms with Crippen LogP contribution >= 0.6 is 11.6 Å². The number of alkyl halides is 2. The molecule has 3 rings (SSSR count). The van der Waals surface area contributed by atoms with Gasteiger partial charge in [0.05, 0.1) is 23.4 Å². The molecular weight excluding hydrogens is 422 g/mol. The zero-order valence-corrected chi connectivity index (χ0v) is 16.1. The number of furan rings is 1. The zero-order chi connectivity index (χ0) is 21.8. The smallest absolute Gasteiger partial charge is 0.333 e. The number of benzene rings is 1. The Morgan fingerprint density at radius 1 is 1.27 bits per heavy atom. The molecule has 2 heterocycles. The van der Waals surface area contributed by atoms with Crippen molar-refractivity contribution in [3.8, 4) is 11.3 Å². The van der Waals surface area contributed by atoms with Gasteiger partial charge >= 0.3 is 6.55 Å². The molecule has 0 spiro atoms. The Morgan fingerprint density at radius 3 is 2.53 bits per heavy atom. The summed E-state index contributed by atoms with van der Waals surface area (Å²) in [5, 5.41) is 16.2. The van der Waals surface area contributed by atoms with Gasteiger partial charge in [-0.05, 0) is 29.7 Å². The fourth-order valence-electron chi connectivity index (χ4n) is 2.87. The highest BCUT2D eigenvalue weighted by Gasteiger charge is 2.29. The summed E-state index contributed by atoms with van der Waals surface area (Å²) < 4.78 is 31.6. The molecule has 1 aromatic carbocycles. The molecule has 2 atom stereocenters. The van der Waals surface area contributed by atoms with Crippen molar-refractivity contribution >= 4 is 23.4 Å². The number of hydrogen-bond donors (Lipinski definition) is 3. The number of aliphatic hydroxyl groups excluding tert-OH is 1. The largest absolute Gasteiger partial charge is 0.452 e. The van der Waals surface area contributed by atoms with E-state index in [1.54, 1.807) is 30.3 Å². The lowest BCUT2D eigenvalue weighted by Crippen LogP contribution is -2.50. The maximum Gasteiger partial charge on any atom is 0.333 e. The maximum absolute atomic E-state index is 13.2. The summed E-state index contributed by atoms with van der Waals surface area (Å²) in [5.74, 6) is -1.90. The SMILES string of the molecule is NC(=O)C(O)C(Cc1ccccc1)NC(=O)c1cn(C(F)F)nc1-c1ccoc1Cl. The minimum absolute atomic E-state index is 0.0709. The third-order valence-corrected chi connectivity index (χ3v) is 4.63. The topological polar surface area (TPSA) is 123 Å². The molecule has 0 fully saturated rings. The van der Waals surface area contributed by atoms with E-state index in [-0.39, 0.29) is 28.5 Å². The van der Waals surface area contributed by atoms with E-state index >= 15 is 0 Å². The highest BCUT2D eigenvalue weighted by molar-refractivity contribution is 6.31. The van der Waals surface area contributed by atoms with Crippen LogP contribution in [0.3, 0.4) is 0 Å². The van der Waals surface area contributed by atoms with Gasteiger partial charge in [0.25, 0.3) is 5.91 Å². The standard InChI is InChI=1S/C19H17ClF2N4O4/c20-16-11(6-7-30-16)14-12(9-26(25-14)19(21)22)18(29)24-13(15(27)17(23)28)8-10-4-2-1-3-5-10/h1-7,9,13,15,19,27H,8H2,(H2,23,28)(H,24,29). The maximum atomic E-state index is 13.2. The van der Waals surface area contributed by atoms with E-state index in [1.165, 1.54) is 12.3 Å². The number of nitrogens with two attached hydrogens (primary N) is 1. The minimum atomic E-state index is -3.01. The van der Waals surface area contributed by atoms with E-state index < -0.39 is 30.5 Å². The molecule has 0 bridgehead atoms. The zero-order valence-electron chi connectivity index (χ0n) is 15.3. The van der Waals surface area contributed by atoms with Crippen LogP contribution in [0.4, 0.5) is 8.78 Å². The first-order valence-electron chi connectivity index (χ1n) is 8.70. The number of aliphatic hydroxyl groups is 1. The Morgan fingerprint density at radius 2 is 1.97 bits per heavy atom. The Labute approximate surface area is 174 Å². The van der Waals surface area contributed by atoms with E-state index in [9.17, 15) is 23.5 Å². The first kappa shape index (κ1) is 21.5. The average Bonchev–Trinajstić information content (AvgIpc) is 3.33. The van der Waals surface area contributed by atoms with Gasteiger partial charge in [0, 0.05) is 6.20 Å². The van der Waals surface area contributed by atoms with Gasteiger partial charge in [-0.2, -0.15) is 13.9 Å². The molecule has 11 heteroatoms. The number of nitrogens with zero attached hydrogens (tertiary/aromatic N) is 2. The van der Waals surface area contributed by atoms with E-state index in [0.29, 0.717) is 10.2 Å². The number of amides is 2. The second-order valence-corrected chi connectivity index (χ2v) is 6.72. The highest BCUT2D eigenvalue weighted by Crippen LogP contribution is 2.31. The van der Waals surface area contributed by atoms with Crippen LogP contribution in [0, 0.1) is 0 Å². The summed E-state index contributed by atoms with van der Waals surface area (Å²) in [4.78, 5) is 24.4. The van der Waals surface area contributed by atoms with Crippen molar-refractivity contribution in [3.05, 3.63) is 65.2 Å². The van der Waals surface area contributed by atoms with Crippen LogP contribution in [0.5, 0.6) is 0 Å². The van der Waals surface area contributed by atoms with Crippen LogP contribution in [-0.4, -0.2) is 38.8 Å². The van der Waals surface area contributed by atoms with E-state index in [2.05, 4.69) is 10.4 Å². The lowest BCUT2D eigenvalue weighted by atomic mass is 10.00. The molecule has 0 saturated heterocycles. The van der Waals surface area contributed by atoms with Gasteiger partial charge in [-0.25, -0.2) is 4.68 Å². The van der Waals surface area contributed by atoms with E-state index in [0.717, 1.165) is 6.20 Å². The number of carbonyl (C=O) groups is 2. The molecule has 8 nitrogen and oxygen atoms in total. The van der Waals surface area contributed by atoms with Crippen LogP contribution in [0.15, 0.2) is 53.3 Å². The molecule has 4 N–H and O–H groups in total. The van der Waals surface area contributed by atoms with Gasteiger partial charge in [0.2, 0.25) is 11.1 Å². The second-order valence-electron chi connectivity index (χ2n) is 6.37. The quantitative estimate of drug-likeness (QED) is 0.498. The van der Waals surface area contributed by atoms with Gasteiger partial charge in [-0.3, -0.25) is 9.59 Å². The summed E-state index contributed by atoms with van der Waals surface area (Å²) >= 11 is 5.91. The molecule has 3 aromatic rings.